The number of halogens is 3. The van der Waals surface area contributed by atoms with Gasteiger partial charge in [0.1, 0.15) is 0 Å². The van der Waals surface area contributed by atoms with E-state index in [0.717, 1.165) is 0 Å². The molecule has 0 fully saturated rings. The molecule has 14 heavy (non-hydrogen) atoms. The monoisotopic (exact) mass is 209 g/mol. The molecule has 0 amide bonds. The van der Waals surface area contributed by atoms with E-state index in [1.54, 1.807) is 20.8 Å². The number of carbonyl (C=O) groups is 1. The maximum atomic E-state index is 11.8. The van der Waals surface area contributed by atoms with Crippen molar-refractivity contribution in [1.82, 2.24) is 5.32 Å². The van der Waals surface area contributed by atoms with Crippen molar-refractivity contribution in [3.8, 4) is 0 Å². The van der Waals surface area contributed by atoms with E-state index in [0.29, 0.717) is 6.08 Å². The van der Waals surface area contributed by atoms with Gasteiger partial charge in [0.05, 0.1) is 0 Å². The molecule has 0 aromatic rings. The lowest BCUT2D eigenvalue weighted by Crippen LogP contribution is -2.35. The maximum Gasteiger partial charge on any atom is 0.454 e. The zero-order valence-corrected chi connectivity index (χ0v) is 8.62. The lowest BCUT2D eigenvalue weighted by Gasteiger charge is -2.22. The van der Waals surface area contributed by atoms with Crippen LogP contribution in [0.3, 0.4) is 0 Å². The summed E-state index contributed by atoms with van der Waals surface area (Å²) >= 11 is 0. The summed E-state index contributed by atoms with van der Waals surface area (Å²) in [6, 6.07) is 0. The van der Waals surface area contributed by atoms with Crippen LogP contribution >= 0.6 is 0 Å². The summed E-state index contributed by atoms with van der Waals surface area (Å²) in [6.07, 6.45) is -4.23. The summed E-state index contributed by atoms with van der Waals surface area (Å²) in [5, 5.41) is 2.76. The SMILES string of the molecule is C/C(=C\C(=O)C(F)(F)F)NC(C)(C)C. The number of allylic oxidation sites excluding steroid dienone is 2. The largest absolute Gasteiger partial charge is 0.454 e. The van der Waals surface area contributed by atoms with Crippen LogP contribution in [0.15, 0.2) is 11.8 Å². The van der Waals surface area contributed by atoms with Crippen molar-refractivity contribution in [3.63, 3.8) is 0 Å². The molecule has 0 unspecified atom stereocenters. The normalized spacial score (nSPS) is 14.1. The van der Waals surface area contributed by atoms with Gasteiger partial charge in [-0.2, -0.15) is 13.2 Å². The Balaban J connectivity index is 4.47. The third-order valence-electron chi connectivity index (χ3n) is 1.20. The summed E-state index contributed by atoms with van der Waals surface area (Å²) in [5.74, 6) is -1.84. The van der Waals surface area contributed by atoms with Crippen molar-refractivity contribution in [2.45, 2.75) is 39.4 Å². The molecule has 0 saturated heterocycles. The number of carbonyl (C=O) groups excluding carboxylic acids is 1. The molecule has 2 nitrogen and oxygen atoms in total. The van der Waals surface area contributed by atoms with Crippen LogP contribution in [-0.4, -0.2) is 17.5 Å². The highest BCUT2D eigenvalue weighted by molar-refractivity contribution is 5.94. The Hall–Kier alpha value is -1.00. The first-order valence-corrected chi connectivity index (χ1v) is 4.10. The Kier molecular flexibility index (Phi) is 3.73. The minimum atomic E-state index is -4.79. The zero-order valence-electron chi connectivity index (χ0n) is 8.62. The Morgan fingerprint density at radius 2 is 1.64 bits per heavy atom. The van der Waals surface area contributed by atoms with Gasteiger partial charge in [0.25, 0.3) is 5.78 Å². The highest BCUT2D eigenvalue weighted by atomic mass is 19.4. The van der Waals surface area contributed by atoms with Crippen molar-refractivity contribution in [2.24, 2.45) is 0 Å². The van der Waals surface area contributed by atoms with E-state index < -0.39 is 12.0 Å². The zero-order chi connectivity index (χ0) is 11.6. The minimum absolute atomic E-state index is 0.208. The highest BCUT2D eigenvalue weighted by Gasteiger charge is 2.36. The Morgan fingerprint density at radius 1 is 1.21 bits per heavy atom. The van der Waals surface area contributed by atoms with Crippen molar-refractivity contribution in [1.29, 1.82) is 0 Å². The fourth-order valence-electron chi connectivity index (χ4n) is 0.906. The quantitative estimate of drug-likeness (QED) is 0.707. The molecule has 5 heteroatoms. The second-order valence-corrected chi connectivity index (χ2v) is 4.06. The van der Waals surface area contributed by atoms with Gasteiger partial charge in [-0.15, -0.1) is 0 Å². The number of hydrogen-bond donors (Lipinski definition) is 1. The van der Waals surface area contributed by atoms with E-state index in [-0.39, 0.29) is 11.2 Å². The van der Waals surface area contributed by atoms with Gasteiger partial charge in [0, 0.05) is 17.3 Å². The lowest BCUT2D eigenvalue weighted by atomic mass is 10.1. The van der Waals surface area contributed by atoms with Crippen LogP contribution in [0.1, 0.15) is 27.7 Å². The maximum absolute atomic E-state index is 11.8. The van der Waals surface area contributed by atoms with E-state index >= 15 is 0 Å². The first-order valence-electron chi connectivity index (χ1n) is 4.10. The Bertz CT molecular complexity index is 248. The second-order valence-electron chi connectivity index (χ2n) is 4.06. The molecule has 0 rings (SSSR count). The van der Waals surface area contributed by atoms with Crippen LogP contribution in [0, 0.1) is 0 Å². The van der Waals surface area contributed by atoms with Crippen LogP contribution in [0.2, 0.25) is 0 Å². The number of alkyl halides is 3. The average molecular weight is 209 g/mol. The van der Waals surface area contributed by atoms with Gasteiger partial charge >= 0.3 is 6.18 Å². The van der Waals surface area contributed by atoms with Gasteiger partial charge in [-0.3, -0.25) is 4.79 Å². The van der Waals surface area contributed by atoms with Crippen LogP contribution in [0.25, 0.3) is 0 Å². The number of nitrogens with one attached hydrogen (secondary N) is 1. The van der Waals surface area contributed by atoms with Crippen molar-refractivity contribution >= 4 is 5.78 Å². The molecule has 1 N–H and O–H groups in total. The van der Waals surface area contributed by atoms with Crippen LogP contribution in [0.4, 0.5) is 13.2 Å². The van der Waals surface area contributed by atoms with Gasteiger partial charge in [-0.25, -0.2) is 0 Å². The first-order chi connectivity index (χ1) is 6.02. The average Bonchev–Trinajstić information content (AvgIpc) is 1.79. The summed E-state index contributed by atoms with van der Waals surface area (Å²) in [6.45, 7) is 6.81. The second kappa shape index (κ2) is 4.02. The molecule has 0 aliphatic heterocycles. The number of rotatable bonds is 2. The predicted octanol–water partition coefficient (Wildman–Crippen LogP) is 2.41. The lowest BCUT2D eigenvalue weighted by molar-refractivity contribution is -0.165. The fourth-order valence-corrected chi connectivity index (χ4v) is 0.906. The van der Waals surface area contributed by atoms with Crippen molar-refractivity contribution in [2.75, 3.05) is 0 Å². The van der Waals surface area contributed by atoms with E-state index in [1.807, 2.05) is 0 Å². The van der Waals surface area contributed by atoms with Gasteiger partial charge in [0.15, 0.2) is 0 Å². The molecule has 0 heterocycles. The summed E-state index contributed by atoms with van der Waals surface area (Å²) in [5.41, 5.74) is -0.147. The molecule has 0 aromatic heterocycles. The predicted molar refractivity (Wildman–Crippen MR) is 47.7 cm³/mol. The molecule has 0 spiro atoms. The molecule has 0 radical (unpaired) electrons. The third-order valence-corrected chi connectivity index (χ3v) is 1.20. The molecule has 0 saturated carbocycles. The molecule has 0 atom stereocenters. The summed E-state index contributed by atoms with van der Waals surface area (Å²) in [4.78, 5) is 10.5. The van der Waals surface area contributed by atoms with Crippen molar-refractivity contribution in [3.05, 3.63) is 11.8 Å². The number of hydrogen-bond acceptors (Lipinski definition) is 2. The number of ketones is 1. The smallest absolute Gasteiger partial charge is 0.384 e. The highest BCUT2D eigenvalue weighted by Crippen LogP contribution is 2.17. The molecule has 0 aliphatic rings. The van der Waals surface area contributed by atoms with Crippen molar-refractivity contribution < 1.29 is 18.0 Å². The van der Waals surface area contributed by atoms with E-state index in [9.17, 15) is 18.0 Å². The summed E-state index contributed by atoms with van der Waals surface area (Å²) in [7, 11) is 0. The third kappa shape index (κ3) is 5.61. The Labute approximate surface area is 81.2 Å². The first kappa shape index (κ1) is 13.0. The molecule has 82 valence electrons. The molecular weight excluding hydrogens is 195 g/mol. The summed E-state index contributed by atoms with van der Waals surface area (Å²) < 4.78 is 35.5. The van der Waals surface area contributed by atoms with E-state index in [2.05, 4.69) is 5.32 Å². The topological polar surface area (TPSA) is 29.1 Å². The van der Waals surface area contributed by atoms with Gasteiger partial charge in [0.2, 0.25) is 0 Å². The van der Waals surface area contributed by atoms with Gasteiger partial charge < -0.3 is 5.32 Å². The minimum Gasteiger partial charge on any atom is -0.384 e. The fraction of sp³-hybridized carbons (Fsp3) is 0.667. The molecule has 0 bridgehead atoms. The van der Waals surface area contributed by atoms with Crippen LogP contribution < -0.4 is 5.32 Å². The molecular formula is C9H14F3NO. The van der Waals surface area contributed by atoms with Crippen LogP contribution in [0.5, 0.6) is 0 Å². The molecule has 0 aromatic carbocycles. The standard InChI is InChI=1S/C9H14F3NO/c1-6(13-8(2,3)4)5-7(14)9(10,11)12/h5,13H,1-4H3/b6-5+. The van der Waals surface area contributed by atoms with E-state index in [1.165, 1.54) is 6.92 Å². The Morgan fingerprint density at radius 3 is 1.93 bits per heavy atom. The molecule has 0 aliphatic carbocycles. The van der Waals surface area contributed by atoms with E-state index in [4.69, 9.17) is 0 Å². The van der Waals surface area contributed by atoms with Crippen LogP contribution in [-0.2, 0) is 4.79 Å². The van der Waals surface area contributed by atoms with Gasteiger partial charge in [-0.1, -0.05) is 0 Å². The van der Waals surface area contributed by atoms with Gasteiger partial charge in [-0.05, 0) is 27.7 Å².